The summed E-state index contributed by atoms with van der Waals surface area (Å²) in [7, 11) is 0. The molecule has 29 heavy (non-hydrogen) atoms. The Labute approximate surface area is 174 Å². The molecule has 0 aromatic heterocycles. The van der Waals surface area contributed by atoms with Gasteiger partial charge < -0.3 is 5.32 Å². The lowest BCUT2D eigenvalue weighted by Gasteiger charge is -2.20. The largest absolute Gasteiger partial charge is 0.356 e. The zero-order valence-corrected chi connectivity index (χ0v) is 17.0. The number of rotatable bonds is 6. The van der Waals surface area contributed by atoms with E-state index in [1.165, 1.54) is 35.1 Å². The molecule has 1 aromatic rings. The highest BCUT2D eigenvalue weighted by Gasteiger charge is 2.13. The van der Waals surface area contributed by atoms with Gasteiger partial charge in [0, 0.05) is 17.3 Å². The Balaban J connectivity index is 1.37. The number of allylic oxidation sites excluding steroid dienone is 11. The fourth-order valence-electron chi connectivity index (χ4n) is 4.02. The van der Waals surface area contributed by atoms with Gasteiger partial charge in [0.25, 0.3) is 0 Å². The van der Waals surface area contributed by atoms with Gasteiger partial charge in [-0.3, -0.25) is 0 Å². The smallest absolute Gasteiger partial charge is 0.0378 e. The standard InChI is InChI=1S/C28H29N/c1-2-27(14-8-9-22-15-16-24-12-6-7-13-26(24)21-22)29-28-19-17-25(18-20-28)23-10-4-3-5-11-23/h2,4,6,8-12,14-17,19-21,25,29H,1,3,5,7,13,18H2/b9-8+,27-14+. The quantitative estimate of drug-likeness (QED) is 0.522. The van der Waals surface area contributed by atoms with Gasteiger partial charge in [-0.25, -0.2) is 0 Å². The van der Waals surface area contributed by atoms with Crippen molar-refractivity contribution < 1.29 is 0 Å². The van der Waals surface area contributed by atoms with E-state index in [0.717, 1.165) is 30.7 Å². The predicted molar refractivity (Wildman–Crippen MR) is 126 cm³/mol. The molecular weight excluding hydrogens is 350 g/mol. The van der Waals surface area contributed by atoms with Crippen molar-refractivity contribution in [1.82, 2.24) is 5.32 Å². The number of nitrogens with one attached hydrogen (secondary N) is 1. The summed E-state index contributed by atoms with van der Waals surface area (Å²) < 4.78 is 0. The van der Waals surface area contributed by atoms with Crippen molar-refractivity contribution in [2.24, 2.45) is 5.92 Å². The molecule has 1 N–H and O–H groups in total. The van der Waals surface area contributed by atoms with Crippen molar-refractivity contribution in [3.8, 4) is 0 Å². The third-order valence-corrected chi connectivity index (χ3v) is 5.67. The van der Waals surface area contributed by atoms with Crippen LogP contribution in [0.15, 0.2) is 103 Å². The molecule has 0 radical (unpaired) electrons. The topological polar surface area (TPSA) is 12.0 Å². The summed E-state index contributed by atoms with van der Waals surface area (Å²) in [5.74, 6) is 0.506. The lowest BCUT2D eigenvalue weighted by molar-refractivity contribution is 0.755. The Morgan fingerprint density at radius 2 is 1.97 bits per heavy atom. The zero-order chi connectivity index (χ0) is 19.9. The Morgan fingerprint density at radius 3 is 2.76 bits per heavy atom. The molecule has 0 aliphatic heterocycles. The molecule has 146 valence electrons. The molecule has 0 bridgehead atoms. The van der Waals surface area contributed by atoms with Crippen molar-refractivity contribution in [2.75, 3.05) is 0 Å². The first kappa shape index (κ1) is 19.3. The SMILES string of the molecule is C=C/C(=C\C=C\c1ccc2c(c1)CCC=C2)NC1=CCC(C2=CCCC=C2)C=C1. The molecule has 1 nitrogen and oxygen atoms in total. The molecule has 0 heterocycles. The average Bonchev–Trinajstić information content (AvgIpc) is 2.79. The van der Waals surface area contributed by atoms with Gasteiger partial charge in [-0.15, -0.1) is 0 Å². The molecule has 0 amide bonds. The number of aryl methyl sites for hydroxylation is 1. The molecule has 0 saturated heterocycles. The molecular formula is C28H29N. The molecule has 3 aliphatic rings. The molecule has 4 rings (SSSR count). The first-order valence-electron chi connectivity index (χ1n) is 10.6. The molecule has 3 aliphatic carbocycles. The van der Waals surface area contributed by atoms with Crippen LogP contribution in [0.3, 0.4) is 0 Å². The van der Waals surface area contributed by atoms with E-state index in [2.05, 4.69) is 96.9 Å². The van der Waals surface area contributed by atoms with Gasteiger partial charge in [-0.2, -0.15) is 0 Å². The summed E-state index contributed by atoms with van der Waals surface area (Å²) in [5, 5.41) is 3.48. The van der Waals surface area contributed by atoms with Gasteiger partial charge in [-0.05, 0) is 72.6 Å². The minimum atomic E-state index is 0.506. The third kappa shape index (κ3) is 5.06. The van der Waals surface area contributed by atoms with Gasteiger partial charge >= 0.3 is 0 Å². The molecule has 0 fully saturated rings. The van der Waals surface area contributed by atoms with Gasteiger partial charge in [-0.1, -0.05) is 79.5 Å². The van der Waals surface area contributed by atoms with Crippen LogP contribution < -0.4 is 5.32 Å². The van der Waals surface area contributed by atoms with Crippen LogP contribution in [0.2, 0.25) is 0 Å². The van der Waals surface area contributed by atoms with Crippen molar-refractivity contribution in [3.63, 3.8) is 0 Å². The van der Waals surface area contributed by atoms with Crippen LogP contribution >= 0.6 is 0 Å². The van der Waals surface area contributed by atoms with Crippen molar-refractivity contribution in [1.29, 1.82) is 0 Å². The normalized spacial score (nSPS) is 21.0. The van der Waals surface area contributed by atoms with Crippen LogP contribution in [0.25, 0.3) is 12.2 Å². The Hall–Kier alpha value is -3.06. The number of benzene rings is 1. The molecule has 1 aromatic carbocycles. The summed E-state index contributed by atoms with van der Waals surface area (Å²) in [6.45, 7) is 3.96. The molecule has 1 heteroatoms. The first-order chi connectivity index (χ1) is 14.3. The van der Waals surface area contributed by atoms with Crippen LogP contribution in [0.1, 0.15) is 42.4 Å². The van der Waals surface area contributed by atoms with Crippen molar-refractivity contribution in [2.45, 2.75) is 32.1 Å². The van der Waals surface area contributed by atoms with Crippen LogP contribution in [0, 0.1) is 5.92 Å². The number of hydrogen-bond donors (Lipinski definition) is 1. The van der Waals surface area contributed by atoms with E-state index in [0.29, 0.717) is 5.92 Å². The zero-order valence-electron chi connectivity index (χ0n) is 17.0. The summed E-state index contributed by atoms with van der Waals surface area (Å²) in [5.41, 5.74) is 7.63. The first-order valence-corrected chi connectivity index (χ1v) is 10.6. The van der Waals surface area contributed by atoms with E-state index in [4.69, 9.17) is 0 Å². The van der Waals surface area contributed by atoms with E-state index >= 15 is 0 Å². The van der Waals surface area contributed by atoms with E-state index < -0.39 is 0 Å². The fraction of sp³-hybridized carbons (Fsp3) is 0.214. The summed E-state index contributed by atoms with van der Waals surface area (Å²) >= 11 is 0. The fourth-order valence-corrected chi connectivity index (χ4v) is 4.02. The Kier molecular flexibility index (Phi) is 6.26. The van der Waals surface area contributed by atoms with Crippen LogP contribution in [0.5, 0.6) is 0 Å². The maximum atomic E-state index is 3.96. The summed E-state index contributed by atoms with van der Waals surface area (Å²) in [6, 6.07) is 6.69. The summed E-state index contributed by atoms with van der Waals surface area (Å²) in [4.78, 5) is 0. The van der Waals surface area contributed by atoms with Gasteiger partial charge in [0.05, 0.1) is 0 Å². The average molecular weight is 380 g/mol. The highest BCUT2D eigenvalue weighted by molar-refractivity contribution is 5.62. The van der Waals surface area contributed by atoms with Crippen molar-refractivity contribution >= 4 is 12.2 Å². The molecule has 1 atom stereocenters. The monoisotopic (exact) mass is 379 g/mol. The minimum Gasteiger partial charge on any atom is -0.356 e. The molecule has 0 spiro atoms. The molecule has 0 saturated carbocycles. The summed E-state index contributed by atoms with van der Waals surface area (Å²) in [6.07, 6.45) is 32.1. The lowest BCUT2D eigenvalue weighted by Crippen LogP contribution is -2.13. The third-order valence-electron chi connectivity index (χ3n) is 5.67. The van der Waals surface area contributed by atoms with E-state index in [1.54, 1.807) is 0 Å². The van der Waals surface area contributed by atoms with Gasteiger partial charge in [0.1, 0.15) is 0 Å². The number of fused-ring (bicyclic) bond motifs is 1. The van der Waals surface area contributed by atoms with Gasteiger partial charge in [0.2, 0.25) is 0 Å². The van der Waals surface area contributed by atoms with Crippen LogP contribution in [-0.2, 0) is 6.42 Å². The van der Waals surface area contributed by atoms with Gasteiger partial charge in [0.15, 0.2) is 0 Å². The lowest BCUT2D eigenvalue weighted by atomic mass is 9.88. The van der Waals surface area contributed by atoms with E-state index in [9.17, 15) is 0 Å². The van der Waals surface area contributed by atoms with Crippen LogP contribution in [0.4, 0.5) is 0 Å². The second-order valence-electron chi connectivity index (χ2n) is 7.75. The molecule has 1 unspecified atom stereocenters. The minimum absolute atomic E-state index is 0.506. The highest BCUT2D eigenvalue weighted by Crippen LogP contribution is 2.27. The predicted octanol–water partition coefficient (Wildman–Crippen LogP) is 7.06. The van der Waals surface area contributed by atoms with E-state index in [1.807, 2.05) is 6.08 Å². The Morgan fingerprint density at radius 1 is 1.03 bits per heavy atom. The van der Waals surface area contributed by atoms with Crippen molar-refractivity contribution in [3.05, 3.63) is 119 Å². The maximum absolute atomic E-state index is 3.96. The second kappa shape index (κ2) is 9.43. The maximum Gasteiger partial charge on any atom is 0.0378 e. The highest BCUT2D eigenvalue weighted by atomic mass is 14.9. The Bertz CT molecular complexity index is 976. The number of hydrogen-bond acceptors (Lipinski definition) is 1. The van der Waals surface area contributed by atoms with E-state index in [-0.39, 0.29) is 0 Å². The second-order valence-corrected chi connectivity index (χ2v) is 7.75. The van der Waals surface area contributed by atoms with Crippen LogP contribution in [-0.4, -0.2) is 0 Å².